The summed E-state index contributed by atoms with van der Waals surface area (Å²) in [6.45, 7) is -0.0308. The van der Waals surface area contributed by atoms with Crippen LogP contribution in [-0.4, -0.2) is 25.4 Å². The minimum Gasteiger partial charge on any atom is -0.455 e. The highest BCUT2D eigenvalue weighted by Crippen LogP contribution is 2.24. The second kappa shape index (κ2) is 7.26. The summed E-state index contributed by atoms with van der Waals surface area (Å²) >= 11 is 1.50. The van der Waals surface area contributed by atoms with E-state index >= 15 is 0 Å². The van der Waals surface area contributed by atoms with Crippen molar-refractivity contribution >= 4 is 27.3 Å². The number of carbonyl (C=O) groups is 1. The Morgan fingerprint density at radius 3 is 2.70 bits per heavy atom. The molecule has 0 radical (unpaired) electrons. The molecule has 2 aromatic heterocycles. The van der Waals surface area contributed by atoms with Crippen molar-refractivity contribution in [2.24, 2.45) is 0 Å². The van der Waals surface area contributed by atoms with E-state index in [1.165, 1.54) is 41.9 Å². The molecule has 4 rings (SSSR count). The summed E-state index contributed by atoms with van der Waals surface area (Å²) in [5.74, 6) is -0.0801. The Morgan fingerprint density at radius 2 is 2.04 bits per heavy atom. The smallest absolute Gasteiger partial charge is 0.338 e. The number of esters is 1. The highest BCUT2D eigenvalue weighted by atomic mass is 32.2. The minimum atomic E-state index is -3.54. The first-order chi connectivity index (χ1) is 13.0. The topological polar surface area (TPSA) is 98.5 Å². The maximum Gasteiger partial charge on any atom is 0.338 e. The average Bonchev–Trinajstić information content (AvgIpc) is 3.14. The first-order valence-corrected chi connectivity index (χ1v) is 10.7. The molecule has 1 aromatic carbocycles. The van der Waals surface area contributed by atoms with Gasteiger partial charge in [-0.25, -0.2) is 22.9 Å². The summed E-state index contributed by atoms with van der Waals surface area (Å²) < 4.78 is 37.4. The van der Waals surface area contributed by atoms with E-state index in [0.717, 1.165) is 17.7 Å². The fourth-order valence-electron chi connectivity index (χ4n) is 2.37. The van der Waals surface area contributed by atoms with E-state index in [2.05, 4.69) is 9.71 Å². The molecule has 1 fully saturated rings. The Bertz CT molecular complexity index is 1040. The van der Waals surface area contributed by atoms with Gasteiger partial charge in [0.05, 0.1) is 15.3 Å². The molecule has 3 aromatic rings. The highest BCUT2D eigenvalue weighted by molar-refractivity contribution is 7.89. The van der Waals surface area contributed by atoms with Crippen LogP contribution in [0.4, 0.5) is 0 Å². The van der Waals surface area contributed by atoms with Gasteiger partial charge in [-0.05, 0) is 48.6 Å². The van der Waals surface area contributed by atoms with Crippen molar-refractivity contribution in [1.29, 1.82) is 0 Å². The third-order valence-electron chi connectivity index (χ3n) is 3.93. The van der Waals surface area contributed by atoms with Crippen LogP contribution in [0.15, 0.2) is 57.4 Å². The summed E-state index contributed by atoms with van der Waals surface area (Å²) in [6.07, 6.45) is 3.17. The Hall–Kier alpha value is -2.49. The molecule has 1 saturated carbocycles. The molecule has 0 spiro atoms. The van der Waals surface area contributed by atoms with Gasteiger partial charge in [0.25, 0.3) is 0 Å². The molecule has 1 aliphatic rings. The van der Waals surface area contributed by atoms with Gasteiger partial charge < -0.3 is 9.15 Å². The van der Waals surface area contributed by atoms with Crippen LogP contribution in [0.5, 0.6) is 0 Å². The lowest BCUT2D eigenvalue weighted by atomic mass is 10.2. The second-order valence-corrected chi connectivity index (χ2v) is 8.78. The number of aromatic nitrogens is 1. The summed E-state index contributed by atoms with van der Waals surface area (Å²) in [4.78, 5) is 17.5. The SMILES string of the molecule is O=C(OCc1coc(-c2cccs2)n1)c1ccc(S(=O)(=O)NC2CC2)cc1. The third kappa shape index (κ3) is 4.26. The number of nitrogens with zero attached hydrogens (tertiary/aromatic N) is 1. The van der Waals surface area contributed by atoms with E-state index in [1.807, 2.05) is 17.5 Å². The van der Waals surface area contributed by atoms with E-state index in [-0.39, 0.29) is 23.1 Å². The number of hydrogen-bond donors (Lipinski definition) is 1. The van der Waals surface area contributed by atoms with Crippen molar-refractivity contribution in [3.8, 4) is 10.8 Å². The maximum atomic E-state index is 12.2. The quantitative estimate of drug-likeness (QED) is 0.607. The fraction of sp³-hybridized carbons (Fsp3) is 0.222. The number of rotatable bonds is 7. The van der Waals surface area contributed by atoms with Gasteiger partial charge >= 0.3 is 5.97 Å². The van der Waals surface area contributed by atoms with Gasteiger partial charge in [-0.15, -0.1) is 11.3 Å². The van der Waals surface area contributed by atoms with Gasteiger partial charge in [0.2, 0.25) is 15.9 Å². The lowest BCUT2D eigenvalue weighted by Gasteiger charge is -2.06. The number of carbonyl (C=O) groups excluding carboxylic acids is 1. The zero-order chi connectivity index (χ0) is 18.9. The van der Waals surface area contributed by atoms with Gasteiger partial charge in [0.15, 0.2) is 0 Å². The number of hydrogen-bond acceptors (Lipinski definition) is 7. The predicted molar refractivity (Wildman–Crippen MR) is 98.7 cm³/mol. The van der Waals surface area contributed by atoms with Crippen molar-refractivity contribution in [2.45, 2.75) is 30.4 Å². The maximum absolute atomic E-state index is 12.2. The molecule has 0 saturated heterocycles. The van der Waals surface area contributed by atoms with Gasteiger partial charge in [0, 0.05) is 6.04 Å². The molecule has 0 bridgehead atoms. The Kier molecular flexibility index (Phi) is 4.81. The van der Waals surface area contributed by atoms with Crippen LogP contribution in [0.1, 0.15) is 28.9 Å². The summed E-state index contributed by atoms with van der Waals surface area (Å²) in [6, 6.07) is 9.47. The fourth-order valence-corrected chi connectivity index (χ4v) is 4.33. The van der Waals surface area contributed by atoms with Crippen LogP contribution in [0.25, 0.3) is 10.8 Å². The lowest BCUT2D eigenvalue weighted by Crippen LogP contribution is -2.25. The van der Waals surface area contributed by atoms with E-state index in [1.54, 1.807) is 0 Å². The minimum absolute atomic E-state index is 0.0289. The number of benzene rings is 1. The first kappa shape index (κ1) is 17.9. The second-order valence-electron chi connectivity index (χ2n) is 6.12. The van der Waals surface area contributed by atoms with Crippen LogP contribution in [0, 0.1) is 0 Å². The molecule has 27 heavy (non-hydrogen) atoms. The first-order valence-electron chi connectivity index (χ1n) is 8.29. The largest absolute Gasteiger partial charge is 0.455 e. The Morgan fingerprint density at radius 1 is 1.26 bits per heavy atom. The van der Waals surface area contributed by atoms with Crippen LogP contribution in [-0.2, 0) is 21.4 Å². The lowest BCUT2D eigenvalue weighted by molar-refractivity contribution is 0.0467. The number of sulfonamides is 1. The molecular formula is C18H16N2O5S2. The average molecular weight is 404 g/mol. The molecule has 140 valence electrons. The van der Waals surface area contributed by atoms with E-state index < -0.39 is 16.0 Å². The zero-order valence-corrected chi connectivity index (χ0v) is 15.8. The monoisotopic (exact) mass is 404 g/mol. The van der Waals surface area contributed by atoms with E-state index in [0.29, 0.717) is 11.6 Å². The van der Waals surface area contributed by atoms with Crippen LogP contribution in [0.3, 0.4) is 0 Å². The molecule has 0 unspecified atom stereocenters. The molecule has 9 heteroatoms. The van der Waals surface area contributed by atoms with Gasteiger partial charge in [-0.3, -0.25) is 0 Å². The van der Waals surface area contributed by atoms with Crippen molar-refractivity contribution < 1.29 is 22.4 Å². The summed E-state index contributed by atoms with van der Waals surface area (Å²) in [5.41, 5.74) is 0.766. The standard InChI is InChI=1S/C18H16N2O5S2/c21-18(25-11-14-10-24-17(19-14)16-2-1-9-26-16)12-3-7-15(8-4-12)27(22,23)20-13-5-6-13/h1-4,7-10,13,20H,5-6,11H2. The van der Waals surface area contributed by atoms with E-state index in [9.17, 15) is 13.2 Å². The molecule has 7 nitrogen and oxygen atoms in total. The summed E-state index contributed by atoms with van der Waals surface area (Å²) in [5, 5.41) is 1.92. The molecular weight excluding hydrogens is 388 g/mol. The molecule has 0 aliphatic heterocycles. The molecule has 1 N–H and O–H groups in total. The van der Waals surface area contributed by atoms with Crippen molar-refractivity contribution in [3.63, 3.8) is 0 Å². The van der Waals surface area contributed by atoms with Crippen molar-refractivity contribution in [1.82, 2.24) is 9.71 Å². The van der Waals surface area contributed by atoms with Crippen LogP contribution in [0.2, 0.25) is 0 Å². The van der Waals surface area contributed by atoms with Crippen molar-refractivity contribution in [2.75, 3.05) is 0 Å². The molecule has 1 aliphatic carbocycles. The Labute approximate surface area is 160 Å². The van der Waals surface area contributed by atoms with Gasteiger partial charge in [-0.2, -0.15) is 0 Å². The molecule has 2 heterocycles. The zero-order valence-electron chi connectivity index (χ0n) is 14.1. The van der Waals surface area contributed by atoms with Gasteiger partial charge in [0.1, 0.15) is 18.6 Å². The molecule has 0 amide bonds. The molecule has 0 atom stereocenters. The van der Waals surface area contributed by atoms with E-state index in [4.69, 9.17) is 9.15 Å². The van der Waals surface area contributed by atoms with Crippen molar-refractivity contribution in [3.05, 3.63) is 59.3 Å². The summed E-state index contributed by atoms with van der Waals surface area (Å²) in [7, 11) is -3.54. The van der Waals surface area contributed by atoms with Gasteiger partial charge in [-0.1, -0.05) is 6.07 Å². The number of thiophene rings is 1. The predicted octanol–water partition coefficient (Wildman–Crippen LogP) is 3.20. The number of ether oxygens (including phenoxy) is 1. The Balaban J connectivity index is 1.37. The van der Waals surface area contributed by atoms with Crippen LogP contribution < -0.4 is 4.72 Å². The van der Waals surface area contributed by atoms with Crippen LogP contribution >= 0.6 is 11.3 Å². The third-order valence-corrected chi connectivity index (χ3v) is 6.33. The highest BCUT2D eigenvalue weighted by Gasteiger charge is 2.28. The normalized spacial score (nSPS) is 14.2. The number of nitrogens with one attached hydrogen (secondary N) is 1. The number of oxazole rings is 1.